The summed E-state index contributed by atoms with van der Waals surface area (Å²) in [6, 6.07) is 6.37. The summed E-state index contributed by atoms with van der Waals surface area (Å²) in [5.74, 6) is 3.22. The number of nitrogens with two attached hydrogens (primary N) is 1. The molecule has 0 radical (unpaired) electrons. The molecule has 4 aliphatic rings. The average Bonchev–Trinajstić information content (AvgIpc) is 3.47. The maximum atomic E-state index is 13.7. The fourth-order valence-corrected chi connectivity index (χ4v) is 8.44. The largest absolute Gasteiger partial charge is 0.494 e. The summed E-state index contributed by atoms with van der Waals surface area (Å²) in [4.78, 5) is 20.8. The van der Waals surface area contributed by atoms with E-state index in [2.05, 4.69) is 27.6 Å². The molecule has 1 unspecified atom stereocenters. The molecular weight excluding hydrogens is 510 g/mol. The molecule has 8 rings (SSSR count). The fourth-order valence-electron chi connectivity index (χ4n) is 7.36. The van der Waals surface area contributed by atoms with Crippen molar-refractivity contribution in [3.63, 3.8) is 0 Å². The first kappa shape index (κ1) is 24.0. The molecule has 1 aromatic carbocycles. The third kappa shape index (κ3) is 3.62. The quantitative estimate of drug-likeness (QED) is 0.378. The molecule has 4 atom stereocenters. The van der Waals surface area contributed by atoms with Crippen molar-refractivity contribution < 1.29 is 14.3 Å². The second kappa shape index (κ2) is 8.81. The van der Waals surface area contributed by atoms with Crippen LogP contribution in [0.4, 0.5) is 0 Å². The first-order chi connectivity index (χ1) is 19.0. The molecule has 1 amide bonds. The zero-order valence-corrected chi connectivity index (χ0v) is 23.4. The summed E-state index contributed by atoms with van der Waals surface area (Å²) in [7, 11) is 3.73. The molecule has 3 aromatic heterocycles. The van der Waals surface area contributed by atoms with Crippen molar-refractivity contribution in [2.45, 2.75) is 56.7 Å². The Labute approximate surface area is 231 Å². The van der Waals surface area contributed by atoms with Crippen molar-refractivity contribution in [1.29, 1.82) is 0 Å². The zero-order valence-electron chi connectivity index (χ0n) is 22.6. The molecule has 4 aromatic rings. The van der Waals surface area contributed by atoms with Crippen molar-refractivity contribution in [3.05, 3.63) is 34.7 Å². The minimum absolute atomic E-state index is 0.0334. The number of carbonyl (C=O) groups excluding carboxylic acids is 1. The molecule has 2 saturated carbocycles. The Hall–Kier alpha value is -2.88. The molecule has 9 heteroatoms. The van der Waals surface area contributed by atoms with Gasteiger partial charge < -0.3 is 29.2 Å². The van der Waals surface area contributed by atoms with E-state index in [1.807, 2.05) is 28.4 Å². The molecule has 2 aliphatic carbocycles. The van der Waals surface area contributed by atoms with Crippen LogP contribution in [0, 0.1) is 11.8 Å². The minimum atomic E-state index is 0.0334. The van der Waals surface area contributed by atoms with Crippen LogP contribution in [0.15, 0.2) is 23.6 Å². The molecular formula is C30H35N5O3S. The number of imidazole rings is 1. The number of benzene rings is 1. The number of likely N-dealkylation sites (tertiary alicyclic amines) is 1. The van der Waals surface area contributed by atoms with Gasteiger partial charge in [-0.1, -0.05) is 0 Å². The SMILES string of the molecule is COc1cc(C(=O)N2C[C@H]3CC[C@@H]2[C@@H]3N)cc2nc(-c3cc4scc(C5CCOC5)c4n3CC3CC3)n(C)c12. The van der Waals surface area contributed by atoms with Gasteiger partial charge >= 0.3 is 0 Å². The van der Waals surface area contributed by atoms with Crippen LogP contribution in [-0.2, 0) is 18.3 Å². The van der Waals surface area contributed by atoms with E-state index in [0.717, 1.165) is 74.0 Å². The van der Waals surface area contributed by atoms with Crippen LogP contribution in [-0.4, -0.2) is 63.9 Å². The molecule has 39 heavy (non-hydrogen) atoms. The standard InChI is InChI=1S/C30H35N5O3S/c1-33-28-21(9-19(10-24(28)37-2)30(36)35-13-17-5-6-22(35)26(17)31)32-29(33)23-11-25-27(34(23)12-16-3-4-16)20(15-39-25)18-7-8-38-14-18/h9-11,15-18,22,26H,3-8,12-14,31H2,1-2H3/t17-,18?,22-,26-/m1/s1. The number of amides is 1. The lowest BCUT2D eigenvalue weighted by Gasteiger charge is -2.27. The van der Waals surface area contributed by atoms with Crippen molar-refractivity contribution in [2.24, 2.45) is 24.6 Å². The highest BCUT2D eigenvalue weighted by molar-refractivity contribution is 7.17. The molecule has 0 spiro atoms. The lowest BCUT2D eigenvalue weighted by molar-refractivity contribution is 0.0700. The van der Waals surface area contributed by atoms with E-state index in [4.69, 9.17) is 20.2 Å². The third-order valence-electron chi connectivity index (χ3n) is 9.70. The number of nitrogens with zero attached hydrogens (tertiary/aromatic N) is 4. The summed E-state index contributed by atoms with van der Waals surface area (Å²) in [5.41, 5.74) is 12.6. The van der Waals surface area contributed by atoms with Crippen molar-refractivity contribution in [3.8, 4) is 17.3 Å². The Bertz CT molecular complexity index is 1610. The summed E-state index contributed by atoms with van der Waals surface area (Å²) in [6.45, 7) is 3.41. The maximum Gasteiger partial charge on any atom is 0.254 e. The number of methoxy groups -OCH3 is 1. The number of aromatic nitrogens is 3. The molecule has 2 bridgehead atoms. The van der Waals surface area contributed by atoms with E-state index >= 15 is 0 Å². The van der Waals surface area contributed by atoms with Gasteiger partial charge in [-0.25, -0.2) is 4.98 Å². The predicted octanol–water partition coefficient (Wildman–Crippen LogP) is 4.74. The Morgan fingerprint density at radius 2 is 2.05 bits per heavy atom. The van der Waals surface area contributed by atoms with E-state index in [-0.39, 0.29) is 18.0 Å². The average molecular weight is 546 g/mol. The van der Waals surface area contributed by atoms with Gasteiger partial charge in [0, 0.05) is 50.3 Å². The summed E-state index contributed by atoms with van der Waals surface area (Å²) >= 11 is 1.83. The zero-order chi connectivity index (χ0) is 26.4. The highest BCUT2D eigenvalue weighted by Crippen LogP contribution is 2.43. The lowest BCUT2D eigenvalue weighted by atomic mass is 10.0. The van der Waals surface area contributed by atoms with Gasteiger partial charge in [0.25, 0.3) is 5.91 Å². The molecule has 204 valence electrons. The number of carbonyl (C=O) groups is 1. The Morgan fingerprint density at radius 1 is 1.18 bits per heavy atom. The smallest absolute Gasteiger partial charge is 0.254 e. The van der Waals surface area contributed by atoms with Crippen LogP contribution in [0.1, 0.15) is 53.9 Å². The number of rotatable bonds is 6. The van der Waals surface area contributed by atoms with Gasteiger partial charge in [0.05, 0.1) is 35.1 Å². The van der Waals surface area contributed by atoms with E-state index in [1.165, 1.54) is 28.6 Å². The Kier molecular flexibility index (Phi) is 5.41. The molecule has 2 aliphatic heterocycles. The normalized spacial score (nSPS) is 26.5. The van der Waals surface area contributed by atoms with E-state index in [1.54, 1.807) is 7.11 Å². The van der Waals surface area contributed by atoms with Crippen LogP contribution < -0.4 is 10.5 Å². The number of hydrogen-bond acceptors (Lipinski definition) is 6. The van der Waals surface area contributed by atoms with Crippen LogP contribution in [0.25, 0.3) is 32.8 Å². The van der Waals surface area contributed by atoms with Gasteiger partial charge in [-0.3, -0.25) is 4.79 Å². The van der Waals surface area contributed by atoms with E-state index in [9.17, 15) is 4.79 Å². The summed E-state index contributed by atoms with van der Waals surface area (Å²) < 4.78 is 17.6. The van der Waals surface area contributed by atoms with Crippen LogP contribution in [0.3, 0.4) is 0 Å². The number of thiophene rings is 1. The Balaban J connectivity index is 1.24. The fraction of sp³-hybridized carbons (Fsp3) is 0.533. The maximum absolute atomic E-state index is 13.7. The van der Waals surface area contributed by atoms with E-state index in [0.29, 0.717) is 23.1 Å². The first-order valence-electron chi connectivity index (χ1n) is 14.3. The first-order valence-corrected chi connectivity index (χ1v) is 15.2. The van der Waals surface area contributed by atoms with Crippen molar-refractivity contribution >= 4 is 38.5 Å². The number of hydrogen-bond donors (Lipinski definition) is 1. The minimum Gasteiger partial charge on any atom is -0.494 e. The van der Waals surface area contributed by atoms with Crippen LogP contribution in [0.2, 0.25) is 0 Å². The van der Waals surface area contributed by atoms with Crippen molar-refractivity contribution in [1.82, 2.24) is 19.0 Å². The number of ether oxygens (including phenoxy) is 2. The second-order valence-electron chi connectivity index (χ2n) is 12.0. The molecule has 4 fully saturated rings. The topological polar surface area (TPSA) is 87.5 Å². The predicted molar refractivity (Wildman–Crippen MR) is 152 cm³/mol. The number of aryl methyl sites for hydroxylation is 1. The van der Waals surface area contributed by atoms with E-state index < -0.39 is 0 Å². The molecule has 8 nitrogen and oxygen atoms in total. The van der Waals surface area contributed by atoms with Gasteiger partial charge in [0.1, 0.15) is 11.3 Å². The molecule has 2 N–H and O–H groups in total. The summed E-state index contributed by atoms with van der Waals surface area (Å²) in [5, 5.41) is 2.34. The van der Waals surface area contributed by atoms with Gasteiger partial charge in [-0.2, -0.15) is 0 Å². The van der Waals surface area contributed by atoms with Crippen LogP contribution >= 0.6 is 11.3 Å². The van der Waals surface area contributed by atoms with Gasteiger partial charge in [-0.05, 0) is 73.1 Å². The molecule has 2 saturated heterocycles. The second-order valence-corrected chi connectivity index (χ2v) is 12.9. The van der Waals surface area contributed by atoms with Gasteiger partial charge in [-0.15, -0.1) is 11.3 Å². The number of fused-ring (bicyclic) bond motifs is 4. The highest BCUT2D eigenvalue weighted by atomic mass is 32.1. The van der Waals surface area contributed by atoms with Crippen molar-refractivity contribution in [2.75, 3.05) is 26.9 Å². The summed E-state index contributed by atoms with van der Waals surface area (Å²) in [6.07, 6.45) is 5.77. The van der Waals surface area contributed by atoms with Gasteiger partial charge in [0.15, 0.2) is 5.82 Å². The highest BCUT2D eigenvalue weighted by Gasteiger charge is 2.47. The third-order valence-corrected chi connectivity index (χ3v) is 10.6. The van der Waals surface area contributed by atoms with Crippen LogP contribution in [0.5, 0.6) is 5.75 Å². The molecule has 5 heterocycles. The Morgan fingerprint density at radius 3 is 2.74 bits per heavy atom. The van der Waals surface area contributed by atoms with Gasteiger partial charge in [0.2, 0.25) is 0 Å². The monoisotopic (exact) mass is 545 g/mol. The lowest BCUT2D eigenvalue weighted by Crippen LogP contribution is -2.41. The number of piperidine rings is 1.